The van der Waals surface area contributed by atoms with Crippen molar-refractivity contribution in [3.8, 4) is 11.8 Å². The first-order valence-corrected chi connectivity index (χ1v) is 7.05. The fourth-order valence-corrected chi connectivity index (χ4v) is 2.20. The average molecular weight is 281 g/mol. The van der Waals surface area contributed by atoms with Crippen molar-refractivity contribution >= 4 is 0 Å². The van der Waals surface area contributed by atoms with E-state index >= 15 is 0 Å². The monoisotopic (exact) mass is 281 g/mol. The van der Waals surface area contributed by atoms with Crippen molar-refractivity contribution < 1.29 is 4.74 Å². The van der Waals surface area contributed by atoms with Crippen LogP contribution < -0.4 is 10.1 Å². The molecule has 0 aliphatic carbocycles. The molecule has 1 N–H and O–H groups in total. The van der Waals surface area contributed by atoms with E-state index in [9.17, 15) is 0 Å². The normalized spacial score (nSPS) is 11.7. The largest absolute Gasteiger partial charge is 0.488 e. The van der Waals surface area contributed by atoms with Crippen LogP contribution in [0.15, 0.2) is 42.6 Å². The number of ether oxygens (including phenoxy) is 1. The smallest absolute Gasteiger partial charge is 0.147 e. The second-order valence-corrected chi connectivity index (χ2v) is 4.73. The minimum absolute atomic E-state index is 0.218. The lowest BCUT2D eigenvalue weighted by molar-refractivity contribution is 0.299. The topological polar surface area (TPSA) is 57.9 Å². The number of aromatic nitrogens is 1. The summed E-state index contributed by atoms with van der Waals surface area (Å²) < 4.78 is 5.90. The van der Waals surface area contributed by atoms with Gasteiger partial charge in [-0.2, -0.15) is 5.26 Å². The first-order valence-electron chi connectivity index (χ1n) is 7.05. The number of nitrogens with one attached hydrogen (secondary N) is 1. The van der Waals surface area contributed by atoms with Gasteiger partial charge in [-0.25, -0.2) is 4.98 Å². The standard InChI is InChI=1S/C17H19N3O/c1-3-19-13(2)15-8-4-5-9-17(15)21-12-14-7-6-10-20-16(14)11-18/h4-10,13,19H,3,12H2,1-2H3. The number of benzene rings is 1. The van der Waals surface area contributed by atoms with Crippen LogP contribution in [0.3, 0.4) is 0 Å². The summed E-state index contributed by atoms with van der Waals surface area (Å²) in [6.07, 6.45) is 1.61. The molecule has 0 saturated carbocycles. The molecule has 4 nitrogen and oxygen atoms in total. The number of nitrogens with zero attached hydrogens (tertiary/aromatic N) is 2. The zero-order valence-electron chi connectivity index (χ0n) is 12.3. The zero-order chi connectivity index (χ0) is 15.1. The number of pyridine rings is 1. The van der Waals surface area contributed by atoms with Crippen LogP contribution in [0.4, 0.5) is 0 Å². The number of hydrogen-bond donors (Lipinski definition) is 1. The Morgan fingerprint density at radius 3 is 2.86 bits per heavy atom. The Hall–Kier alpha value is -2.38. The molecule has 2 aromatic rings. The molecular weight excluding hydrogens is 262 g/mol. The van der Waals surface area contributed by atoms with Gasteiger partial charge in [0.1, 0.15) is 24.1 Å². The lowest BCUT2D eigenvalue weighted by atomic mass is 10.1. The van der Waals surface area contributed by atoms with Crippen molar-refractivity contribution in [2.24, 2.45) is 0 Å². The molecule has 4 heteroatoms. The van der Waals surface area contributed by atoms with Crippen LogP contribution in [-0.2, 0) is 6.61 Å². The SMILES string of the molecule is CCNC(C)c1ccccc1OCc1cccnc1C#N. The van der Waals surface area contributed by atoms with E-state index in [-0.39, 0.29) is 6.04 Å². The number of para-hydroxylation sites is 1. The molecule has 0 aliphatic heterocycles. The number of nitriles is 1. The van der Waals surface area contributed by atoms with Crippen molar-refractivity contribution in [2.45, 2.75) is 26.5 Å². The lowest BCUT2D eigenvalue weighted by Gasteiger charge is -2.17. The van der Waals surface area contributed by atoms with Gasteiger partial charge in [-0.15, -0.1) is 0 Å². The van der Waals surface area contributed by atoms with E-state index in [2.05, 4.69) is 36.3 Å². The van der Waals surface area contributed by atoms with Crippen LogP contribution >= 0.6 is 0 Å². The molecule has 21 heavy (non-hydrogen) atoms. The Balaban J connectivity index is 2.15. The molecule has 0 saturated heterocycles. The van der Waals surface area contributed by atoms with E-state index in [0.29, 0.717) is 12.3 Å². The quantitative estimate of drug-likeness (QED) is 0.883. The van der Waals surface area contributed by atoms with Crippen LogP contribution in [0, 0.1) is 11.3 Å². The van der Waals surface area contributed by atoms with Gasteiger partial charge < -0.3 is 10.1 Å². The van der Waals surface area contributed by atoms with Crippen LogP contribution in [0.25, 0.3) is 0 Å². The molecule has 2 rings (SSSR count). The van der Waals surface area contributed by atoms with Crippen LogP contribution in [-0.4, -0.2) is 11.5 Å². The number of rotatable bonds is 6. The Labute approximate surface area is 125 Å². The Bertz CT molecular complexity index is 634. The van der Waals surface area contributed by atoms with Crippen LogP contribution in [0.1, 0.15) is 36.7 Å². The second-order valence-electron chi connectivity index (χ2n) is 4.73. The van der Waals surface area contributed by atoms with Crippen molar-refractivity contribution in [3.63, 3.8) is 0 Å². The predicted molar refractivity (Wildman–Crippen MR) is 81.8 cm³/mol. The highest BCUT2D eigenvalue weighted by molar-refractivity contribution is 5.36. The summed E-state index contributed by atoms with van der Waals surface area (Å²) in [5, 5.41) is 12.4. The second kappa shape index (κ2) is 7.41. The van der Waals surface area contributed by atoms with Gasteiger partial charge in [0.25, 0.3) is 0 Å². The van der Waals surface area contributed by atoms with Crippen molar-refractivity contribution in [3.05, 3.63) is 59.4 Å². The molecule has 0 amide bonds. The minimum Gasteiger partial charge on any atom is -0.488 e. The fourth-order valence-electron chi connectivity index (χ4n) is 2.20. The molecule has 1 aromatic carbocycles. The minimum atomic E-state index is 0.218. The molecule has 0 radical (unpaired) electrons. The highest BCUT2D eigenvalue weighted by atomic mass is 16.5. The maximum atomic E-state index is 9.05. The van der Waals surface area contributed by atoms with Crippen LogP contribution in [0.2, 0.25) is 0 Å². The lowest BCUT2D eigenvalue weighted by Crippen LogP contribution is -2.18. The highest BCUT2D eigenvalue weighted by Gasteiger charge is 2.11. The van der Waals surface area contributed by atoms with E-state index in [1.807, 2.05) is 30.3 Å². The van der Waals surface area contributed by atoms with E-state index in [1.54, 1.807) is 6.20 Å². The molecule has 1 aromatic heterocycles. The van der Waals surface area contributed by atoms with Gasteiger partial charge in [-0.3, -0.25) is 0 Å². The molecule has 0 aliphatic rings. The summed E-state index contributed by atoms with van der Waals surface area (Å²) >= 11 is 0. The van der Waals surface area contributed by atoms with E-state index < -0.39 is 0 Å². The summed E-state index contributed by atoms with van der Waals surface area (Å²) in [7, 11) is 0. The predicted octanol–water partition coefficient (Wildman–Crippen LogP) is 3.20. The van der Waals surface area contributed by atoms with Crippen LogP contribution in [0.5, 0.6) is 5.75 Å². The first-order chi connectivity index (χ1) is 10.3. The van der Waals surface area contributed by atoms with Gasteiger partial charge in [0.05, 0.1) is 0 Å². The summed E-state index contributed by atoms with van der Waals surface area (Å²) in [6.45, 7) is 5.43. The third-order valence-corrected chi connectivity index (χ3v) is 3.28. The highest BCUT2D eigenvalue weighted by Crippen LogP contribution is 2.25. The van der Waals surface area contributed by atoms with Gasteiger partial charge >= 0.3 is 0 Å². The van der Waals surface area contributed by atoms with Crippen molar-refractivity contribution in [2.75, 3.05) is 6.54 Å². The van der Waals surface area contributed by atoms with Crippen molar-refractivity contribution in [1.29, 1.82) is 5.26 Å². The molecule has 0 bridgehead atoms. The zero-order valence-corrected chi connectivity index (χ0v) is 12.3. The molecule has 108 valence electrons. The van der Waals surface area contributed by atoms with Gasteiger partial charge in [0.2, 0.25) is 0 Å². The maximum Gasteiger partial charge on any atom is 0.147 e. The summed E-state index contributed by atoms with van der Waals surface area (Å²) in [5.41, 5.74) is 2.32. The van der Waals surface area contributed by atoms with Gasteiger partial charge in [0.15, 0.2) is 0 Å². The molecule has 1 atom stereocenters. The molecular formula is C17H19N3O. The maximum absolute atomic E-state index is 9.05. The van der Waals surface area contributed by atoms with E-state index in [0.717, 1.165) is 23.4 Å². The first kappa shape index (κ1) is 15.0. The summed E-state index contributed by atoms with van der Waals surface area (Å²) in [4.78, 5) is 4.04. The average Bonchev–Trinajstić information content (AvgIpc) is 2.53. The Morgan fingerprint density at radius 1 is 1.29 bits per heavy atom. The van der Waals surface area contributed by atoms with E-state index in [4.69, 9.17) is 10.00 Å². The third kappa shape index (κ3) is 3.80. The molecule has 0 spiro atoms. The number of hydrogen-bond acceptors (Lipinski definition) is 4. The summed E-state index contributed by atoms with van der Waals surface area (Å²) in [5.74, 6) is 0.832. The van der Waals surface area contributed by atoms with Crippen molar-refractivity contribution in [1.82, 2.24) is 10.3 Å². The fraction of sp³-hybridized carbons (Fsp3) is 0.294. The third-order valence-electron chi connectivity index (χ3n) is 3.28. The Kier molecular flexibility index (Phi) is 5.30. The van der Waals surface area contributed by atoms with Gasteiger partial charge in [-0.05, 0) is 25.6 Å². The van der Waals surface area contributed by atoms with Gasteiger partial charge in [0, 0.05) is 23.4 Å². The summed E-state index contributed by atoms with van der Waals surface area (Å²) in [6, 6.07) is 13.9. The molecule has 1 heterocycles. The van der Waals surface area contributed by atoms with E-state index in [1.165, 1.54) is 0 Å². The molecule has 0 fully saturated rings. The van der Waals surface area contributed by atoms with Gasteiger partial charge in [-0.1, -0.05) is 31.2 Å². The Morgan fingerprint density at radius 2 is 2.10 bits per heavy atom. The molecule has 1 unspecified atom stereocenters.